The third-order valence-corrected chi connectivity index (χ3v) is 4.73. The van der Waals surface area contributed by atoms with Gasteiger partial charge in [0, 0.05) is 36.2 Å². The SMILES string of the molecule is Cl.Cl.Oc1cc(Br)ccc1[C@H](c1ccc(OC(F)(F)F)cc1)N1CCNCC1. The molecular weight excluding hydrogens is 484 g/mol. The Balaban J connectivity index is 0.00000196. The van der Waals surface area contributed by atoms with Crippen molar-refractivity contribution in [3.63, 3.8) is 0 Å². The lowest BCUT2D eigenvalue weighted by Gasteiger charge is -2.36. The average molecular weight is 504 g/mol. The summed E-state index contributed by atoms with van der Waals surface area (Å²) in [6.45, 7) is 3.15. The van der Waals surface area contributed by atoms with E-state index in [4.69, 9.17) is 0 Å². The van der Waals surface area contributed by atoms with Gasteiger partial charge in [-0.15, -0.1) is 38.0 Å². The molecule has 2 N–H and O–H groups in total. The first-order chi connectivity index (χ1) is 12.3. The molecule has 2 aromatic rings. The largest absolute Gasteiger partial charge is 0.573 e. The van der Waals surface area contributed by atoms with Gasteiger partial charge in [-0.3, -0.25) is 4.90 Å². The number of nitrogens with one attached hydrogen (secondary N) is 1. The van der Waals surface area contributed by atoms with Crippen molar-refractivity contribution >= 4 is 40.7 Å². The molecule has 1 aliphatic rings. The van der Waals surface area contributed by atoms with E-state index in [9.17, 15) is 18.3 Å². The highest BCUT2D eigenvalue weighted by Gasteiger charge is 2.31. The van der Waals surface area contributed by atoms with Gasteiger partial charge in [0.25, 0.3) is 0 Å². The van der Waals surface area contributed by atoms with E-state index < -0.39 is 6.36 Å². The summed E-state index contributed by atoms with van der Waals surface area (Å²) in [5, 5.41) is 13.7. The predicted octanol–water partition coefficient (Wildman–Crippen LogP) is 4.89. The highest BCUT2D eigenvalue weighted by molar-refractivity contribution is 9.10. The number of piperazine rings is 1. The van der Waals surface area contributed by atoms with Crippen LogP contribution in [0.1, 0.15) is 17.2 Å². The minimum Gasteiger partial charge on any atom is -0.508 e. The number of nitrogens with zero attached hydrogens (tertiary/aromatic N) is 1. The van der Waals surface area contributed by atoms with E-state index in [1.807, 2.05) is 12.1 Å². The Morgan fingerprint density at radius 2 is 1.64 bits per heavy atom. The number of hydrogen-bond acceptors (Lipinski definition) is 4. The van der Waals surface area contributed by atoms with Crippen LogP contribution in [0.2, 0.25) is 0 Å². The molecular formula is C18H20BrCl2F3N2O2. The molecule has 0 amide bonds. The molecule has 4 nitrogen and oxygen atoms in total. The zero-order chi connectivity index (χ0) is 18.7. The highest BCUT2D eigenvalue weighted by Crippen LogP contribution is 2.36. The standard InChI is InChI=1S/C18H18BrF3N2O2.2ClH/c19-13-3-6-15(16(25)11-13)17(24-9-7-23-8-10-24)12-1-4-14(5-2-12)26-18(20,21)22;;/h1-6,11,17,23,25H,7-10H2;2*1H/t17-;;/m0../s1. The third-order valence-electron chi connectivity index (χ3n) is 4.23. The van der Waals surface area contributed by atoms with E-state index >= 15 is 0 Å². The molecule has 1 heterocycles. The Hall–Kier alpha value is -1.19. The van der Waals surface area contributed by atoms with E-state index in [-0.39, 0.29) is 42.4 Å². The summed E-state index contributed by atoms with van der Waals surface area (Å²) in [4.78, 5) is 2.19. The van der Waals surface area contributed by atoms with Crippen molar-refractivity contribution in [2.75, 3.05) is 26.2 Å². The summed E-state index contributed by atoms with van der Waals surface area (Å²) in [6.07, 6.45) is -4.72. The Labute approximate surface area is 182 Å². The number of benzene rings is 2. The summed E-state index contributed by atoms with van der Waals surface area (Å²) in [7, 11) is 0. The monoisotopic (exact) mass is 502 g/mol. The summed E-state index contributed by atoms with van der Waals surface area (Å²) in [5.41, 5.74) is 1.50. The lowest BCUT2D eigenvalue weighted by Crippen LogP contribution is -2.45. The highest BCUT2D eigenvalue weighted by atomic mass is 79.9. The number of aromatic hydroxyl groups is 1. The Kier molecular flexibility index (Phi) is 9.36. The number of halogens is 6. The van der Waals surface area contributed by atoms with E-state index in [0.29, 0.717) is 5.56 Å². The summed E-state index contributed by atoms with van der Waals surface area (Å²) in [5.74, 6) is -0.126. The average Bonchev–Trinajstić information content (AvgIpc) is 2.58. The normalized spacial score (nSPS) is 15.9. The van der Waals surface area contributed by atoms with Gasteiger partial charge in [0.1, 0.15) is 11.5 Å². The smallest absolute Gasteiger partial charge is 0.508 e. The van der Waals surface area contributed by atoms with E-state index in [0.717, 1.165) is 36.2 Å². The van der Waals surface area contributed by atoms with Gasteiger partial charge in [-0.05, 0) is 29.8 Å². The van der Waals surface area contributed by atoms with Crippen LogP contribution in [-0.2, 0) is 0 Å². The van der Waals surface area contributed by atoms with Crippen molar-refractivity contribution in [1.82, 2.24) is 10.2 Å². The van der Waals surface area contributed by atoms with Crippen LogP contribution in [-0.4, -0.2) is 42.5 Å². The maximum atomic E-state index is 12.4. The quantitative estimate of drug-likeness (QED) is 0.623. The number of hydrogen-bond donors (Lipinski definition) is 2. The molecule has 10 heteroatoms. The maximum absolute atomic E-state index is 12.4. The van der Waals surface area contributed by atoms with Crippen molar-refractivity contribution in [2.24, 2.45) is 0 Å². The summed E-state index contributed by atoms with van der Waals surface area (Å²) in [6, 6.07) is 10.8. The zero-order valence-corrected chi connectivity index (χ0v) is 17.8. The molecule has 0 spiro atoms. The first-order valence-electron chi connectivity index (χ1n) is 8.12. The molecule has 3 rings (SSSR count). The maximum Gasteiger partial charge on any atom is 0.573 e. The molecule has 0 unspecified atom stereocenters. The minimum absolute atomic E-state index is 0. The van der Waals surface area contributed by atoms with Crippen LogP contribution in [0, 0.1) is 0 Å². The molecule has 0 bridgehead atoms. The van der Waals surface area contributed by atoms with Gasteiger partial charge in [0.2, 0.25) is 0 Å². The fourth-order valence-corrected chi connectivity index (χ4v) is 3.48. The number of ether oxygens (including phenoxy) is 1. The summed E-state index contributed by atoms with van der Waals surface area (Å²) >= 11 is 3.33. The molecule has 1 atom stereocenters. The Morgan fingerprint density at radius 1 is 1.04 bits per heavy atom. The van der Waals surface area contributed by atoms with Crippen molar-refractivity contribution in [3.8, 4) is 11.5 Å². The van der Waals surface area contributed by atoms with Gasteiger partial charge in [-0.1, -0.05) is 34.1 Å². The molecule has 1 fully saturated rings. The van der Waals surface area contributed by atoms with Crippen LogP contribution in [0.25, 0.3) is 0 Å². The topological polar surface area (TPSA) is 44.7 Å². The van der Waals surface area contributed by atoms with Gasteiger partial charge < -0.3 is 15.2 Å². The minimum atomic E-state index is -4.72. The van der Waals surface area contributed by atoms with Crippen LogP contribution in [0.5, 0.6) is 11.5 Å². The number of phenols is 1. The van der Waals surface area contributed by atoms with Crippen molar-refractivity contribution in [3.05, 3.63) is 58.1 Å². The van der Waals surface area contributed by atoms with Crippen LogP contribution >= 0.6 is 40.7 Å². The van der Waals surface area contributed by atoms with Crippen molar-refractivity contribution in [2.45, 2.75) is 12.4 Å². The molecule has 1 saturated heterocycles. The molecule has 0 aliphatic carbocycles. The van der Waals surface area contributed by atoms with E-state index in [1.165, 1.54) is 12.1 Å². The first-order valence-corrected chi connectivity index (χ1v) is 8.92. The van der Waals surface area contributed by atoms with E-state index in [2.05, 4.69) is 30.9 Å². The molecule has 0 saturated carbocycles. The lowest BCUT2D eigenvalue weighted by atomic mass is 9.95. The lowest BCUT2D eigenvalue weighted by molar-refractivity contribution is -0.274. The summed E-state index contributed by atoms with van der Waals surface area (Å²) < 4.78 is 41.8. The first kappa shape index (κ1) is 24.8. The second-order valence-corrected chi connectivity index (χ2v) is 6.92. The van der Waals surface area contributed by atoms with Crippen molar-refractivity contribution in [1.29, 1.82) is 0 Å². The zero-order valence-electron chi connectivity index (χ0n) is 14.6. The number of alkyl halides is 3. The second-order valence-electron chi connectivity index (χ2n) is 6.01. The van der Waals surface area contributed by atoms with Gasteiger partial charge in [-0.2, -0.15) is 0 Å². The molecule has 0 radical (unpaired) electrons. The number of rotatable bonds is 4. The molecule has 0 aromatic heterocycles. The Bertz CT molecular complexity index is 757. The fourth-order valence-electron chi connectivity index (χ4n) is 3.13. The Morgan fingerprint density at radius 3 is 2.18 bits per heavy atom. The molecule has 156 valence electrons. The van der Waals surface area contributed by atoms with Crippen LogP contribution in [0.4, 0.5) is 13.2 Å². The molecule has 2 aromatic carbocycles. The molecule has 1 aliphatic heterocycles. The van der Waals surface area contributed by atoms with Gasteiger partial charge in [0.05, 0.1) is 6.04 Å². The fraction of sp³-hybridized carbons (Fsp3) is 0.333. The predicted molar refractivity (Wildman–Crippen MR) is 110 cm³/mol. The van der Waals surface area contributed by atoms with Crippen molar-refractivity contribution < 1.29 is 23.0 Å². The number of phenolic OH excluding ortho intramolecular Hbond substituents is 1. The molecule has 28 heavy (non-hydrogen) atoms. The second kappa shape index (κ2) is 10.5. The van der Waals surface area contributed by atoms with Crippen LogP contribution in [0.3, 0.4) is 0 Å². The van der Waals surface area contributed by atoms with E-state index in [1.54, 1.807) is 18.2 Å². The van der Waals surface area contributed by atoms with Crippen LogP contribution < -0.4 is 10.1 Å². The van der Waals surface area contributed by atoms with Gasteiger partial charge >= 0.3 is 6.36 Å². The van der Waals surface area contributed by atoms with Gasteiger partial charge in [-0.25, -0.2) is 0 Å². The van der Waals surface area contributed by atoms with Gasteiger partial charge in [0.15, 0.2) is 0 Å². The third kappa shape index (κ3) is 6.42. The van der Waals surface area contributed by atoms with Crippen LogP contribution in [0.15, 0.2) is 46.9 Å².